The number of aromatic nitrogens is 3. The van der Waals surface area contributed by atoms with Crippen LogP contribution in [-0.4, -0.2) is 14.8 Å². The summed E-state index contributed by atoms with van der Waals surface area (Å²) in [7, 11) is 0. The molecule has 0 aliphatic rings. The Hall–Kier alpha value is -1.35. The van der Waals surface area contributed by atoms with Crippen LogP contribution in [-0.2, 0) is 6.54 Å². The van der Waals surface area contributed by atoms with Crippen LogP contribution in [0, 0.1) is 11.8 Å². The molecule has 0 aliphatic heterocycles. The first-order chi connectivity index (χ1) is 8.59. The van der Waals surface area contributed by atoms with Gasteiger partial charge in [0.1, 0.15) is 0 Å². The Labute approximate surface area is 113 Å². The highest BCUT2D eigenvalue weighted by molar-refractivity contribution is 6.28. The molecule has 2 rings (SSSR count). The van der Waals surface area contributed by atoms with Crippen molar-refractivity contribution in [1.29, 1.82) is 0 Å². The lowest BCUT2D eigenvalue weighted by Crippen LogP contribution is -2.14. The molecule has 1 aromatic carbocycles. The number of hydrogen-bond donors (Lipinski definition) is 0. The van der Waals surface area contributed by atoms with Crippen molar-refractivity contribution >= 4 is 11.6 Å². The Kier molecular flexibility index (Phi) is 4.02. The molecule has 0 spiro atoms. The first-order valence-corrected chi connectivity index (χ1v) is 6.61. The Balaban J connectivity index is 2.33. The number of rotatable bonds is 4. The van der Waals surface area contributed by atoms with Gasteiger partial charge < -0.3 is 0 Å². The van der Waals surface area contributed by atoms with Crippen LogP contribution >= 0.6 is 11.6 Å². The van der Waals surface area contributed by atoms with Gasteiger partial charge in [-0.25, -0.2) is 0 Å². The van der Waals surface area contributed by atoms with Crippen molar-refractivity contribution in [3.8, 4) is 11.4 Å². The van der Waals surface area contributed by atoms with Crippen LogP contribution < -0.4 is 0 Å². The van der Waals surface area contributed by atoms with Gasteiger partial charge in [0.05, 0.1) is 0 Å². The molecule has 18 heavy (non-hydrogen) atoms. The SMILES string of the molecule is CC(C)C(C)Cn1c(Cl)nnc1-c1ccccc1. The van der Waals surface area contributed by atoms with E-state index in [2.05, 4.69) is 31.0 Å². The fourth-order valence-electron chi connectivity index (χ4n) is 1.75. The maximum Gasteiger partial charge on any atom is 0.225 e. The van der Waals surface area contributed by atoms with E-state index in [1.807, 2.05) is 34.9 Å². The maximum atomic E-state index is 6.13. The Morgan fingerprint density at radius 1 is 1.11 bits per heavy atom. The van der Waals surface area contributed by atoms with Gasteiger partial charge in [-0.1, -0.05) is 51.1 Å². The predicted octanol–water partition coefficient (Wildman–Crippen LogP) is 3.89. The lowest BCUT2D eigenvalue weighted by molar-refractivity contribution is 0.366. The molecule has 0 amide bonds. The molecule has 0 saturated carbocycles. The molecule has 96 valence electrons. The van der Waals surface area contributed by atoms with Gasteiger partial charge in [0.15, 0.2) is 5.82 Å². The topological polar surface area (TPSA) is 30.7 Å². The molecule has 1 unspecified atom stereocenters. The first-order valence-electron chi connectivity index (χ1n) is 6.23. The second kappa shape index (κ2) is 5.53. The van der Waals surface area contributed by atoms with E-state index in [0.717, 1.165) is 17.9 Å². The molecule has 0 fully saturated rings. The van der Waals surface area contributed by atoms with Crippen LogP contribution in [0.4, 0.5) is 0 Å². The summed E-state index contributed by atoms with van der Waals surface area (Å²) >= 11 is 6.13. The van der Waals surface area contributed by atoms with Gasteiger partial charge in [-0.15, -0.1) is 10.2 Å². The fraction of sp³-hybridized carbons (Fsp3) is 0.429. The quantitative estimate of drug-likeness (QED) is 0.838. The van der Waals surface area contributed by atoms with Crippen LogP contribution in [0.5, 0.6) is 0 Å². The minimum absolute atomic E-state index is 0.460. The Morgan fingerprint density at radius 3 is 2.39 bits per heavy atom. The van der Waals surface area contributed by atoms with E-state index in [9.17, 15) is 0 Å². The van der Waals surface area contributed by atoms with E-state index in [1.165, 1.54) is 0 Å². The minimum Gasteiger partial charge on any atom is -0.298 e. The van der Waals surface area contributed by atoms with E-state index in [-0.39, 0.29) is 0 Å². The third-order valence-electron chi connectivity index (χ3n) is 3.35. The normalized spacial score (nSPS) is 12.9. The molecule has 0 aliphatic carbocycles. The zero-order valence-corrected chi connectivity index (χ0v) is 11.7. The van der Waals surface area contributed by atoms with Crippen LogP contribution in [0.15, 0.2) is 30.3 Å². The average molecular weight is 264 g/mol. The van der Waals surface area contributed by atoms with Gasteiger partial charge >= 0.3 is 0 Å². The molecule has 2 aromatic rings. The number of nitrogens with zero attached hydrogens (tertiary/aromatic N) is 3. The average Bonchev–Trinajstić information content (AvgIpc) is 2.72. The third-order valence-corrected chi connectivity index (χ3v) is 3.63. The number of halogens is 1. The van der Waals surface area contributed by atoms with E-state index in [4.69, 9.17) is 11.6 Å². The van der Waals surface area contributed by atoms with Gasteiger partial charge in [-0.3, -0.25) is 4.57 Å². The summed E-state index contributed by atoms with van der Waals surface area (Å²) < 4.78 is 1.99. The molecule has 0 bridgehead atoms. The van der Waals surface area contributed by atoms with Gasteiger partial charge in [0, 0.05) is 12.1 Å². The molecule has 1 atom stereocenters. The first kappa shape index (κ1) is 13.1. The van der Waals surface area contributed by atoms with Crippen molar-refractivity contribution in [2.45, 2.75) is 27.3 Å². The van der Waals surface area contributed by atoms with Gasteiger partial charge in [-0.2, -0.15) is 0 Å². The van der Waals surface area contributed by atoms with Gasteiger partial charge in [-0.05, 0) is 23.4 Å². The molecular formula is C14H18ClN3. The molecule has 0 saturated heterocycles. The summed E-state index contributed by atoms with van der Waals surface area (Å²) in [5.74, 6) is 1.97. The van der Waals surface area contributed by atoms with E-state index < -0.39 is 0 Å². The largest absolute Gasteiger partial charge is 0.298 e. The highest BCUT2D eigenvalue weighted by atomic mass is 35.5. The van der Waals surface area contributed by atoms with E-state index in [0.29, 0.717) is 17.1 Å². The Bertz CT molecular complexity index is 505. The Morgan fingerprint density at radius 2 is 1.78 bits per heavy atom. The summed E-state index contributed by atoms with van der Waals surface area (Å²) in [6.45, 7) is 7.49. The third kappa shape index (κ3) is 2.72. The van der Waals surface area contributed by atoms with Crippen LogP contribution in [0.25, 0.3) is 11.4 Å². The van der Waals surface area contributed by atoms with Crippen LogP contribution in [0.1, 0.15) is 20.8 Å². The van der Waals surface area contributed by atoms with Crippen molar-refractivity contribution < 1.29 is 0 Å². The zero-order valence-electron chi connectivity index (χ0n) is 11.0. The smallest absolute Gasteiger partial charge is 0.225 e. The second-order valence-electron chi connectivity index (χ2n) is 4.99. The standard InChI is InChI=1S/C14H18ClN3/c1-10(2)11(3)9-18-13(16-17-14(18)15)12-7-5-4-6-8-12/h4-8,10-11H,9H2,1-3H3. The van der Waals surface area contributed by atoms with Crippen molar-refractivity contribution in [2.24, 2.45) is 11.8 Å². The molecule has 4 heteroatoms. The number of hydrogen-bond acceptors (Lipinski definition) is 2. The van der Waals surface area contributed by atoms with E-state index >= 15 is 0 Å². The monoisotopic (exact) mass is 263 g/mol. The van der Waals surface area contributed by atoms with E-state index in [1.54, 1.807) is 0 Å². The summed E-state index contributed by atoms with van der Waals surface area (Å²) in [5, 5.41) is 8.62. The number of benzene rings is 1. The fourth-order valence-corrected chi connectivity index (χ4v) is 1.93. The highest BCUT2D eigenvalue weighted by Crippen LogP contribution is 2.23. The lowest BCUT2D eigenvalue weighted by Gasteiger charge is -2.17. The molecule has 0 N–H and O–H groups in total. The summed E-state index contributed by atoms with van der Waals surface area (Å²) in [6, 6.07) is 10.0. The van der Waals surface area contributed by atoms with Crippen molar-refractivity contribution in [3.05, 3.63) is 35.6 Å². The molecule has 3 nitrogen and oxygen atoms in total. The van der Waals surface area contributed by atoms with Crippen molar-refractivity contribution in [1.82, 2.24) is 14.8 Å². The predicted molar refractivity (Wildman–Crippen MR) is 74.5 cm³/mol. The zero-order chi connectivity index (χ0) is 13.1. The molecular weight excluding hydrogens is 246 g/mol. The van der Waals surface area contributed by atoms with Gasteiger partial charge in [0.25, 0.3) is 0 Å². The van der Waals surface area contributed by atoms with Crippen molar-refractivity contribution in [2.75, 3.05) is 0 Å². The molecule has 1 heterocycles. The highest BCUT2D eigenvalue weighted by Gasteiger charge is 2.16. The molecule has 1 aromatic heterocycles. The minimum atomic E-state index is 0.460. The maximum absolute atomic E-state index is 6.13. The molecule has 0 radical (unpaired) electrons. The lowest BCUT2D eigenvalue weighted by atomic mass is 9.98. The van der Waals surface area contributed by atoms with Crippen molar-refractivity contribution in [3.63, 3.8) is 0 Å². The van der Waals surface area contributed by atoms with Crippen LogP contribution in [0.3, 0.4) is 0 Å². The second-order valence-corrected chi connectivity index (χ2v) is 5.33. The summed E-state index contributed by atoms with van der Waals surface area (Å²) in [5.41, 5.74) is 1.05. The summed E-state index contributed by atoms with van der Waals surface area (Å²) in [6.07, 6.45) is 0. The van der Waals surface area contributed by atoms with Gasteiger partial charge in [0.2, 0.25) is 5.28 Å². The summed E-state index contributed by atoms with van der Waals surface area (Å²) in [4.78, 5) is 0. The van der Waals surface area contributed by atoms with Crippen LogP contribution in [0.2, 0.25) is 5.28 Å².